The number of aromatic nitrogens is 1. The van der Waals surface area contributed by atoms with Crippen molar-refractivity contribution in [3.8, 4) is 11.5 Å². The van der Waals surface area contributed by atoms with Crippen molar-refractivity contribution in [2.45, 2.75) is 0 Å². The summed E-state index contributed by atoms with van der Waals surface area (Å²) < 4.78 is 10.4. The van der Waals surface area contributed by atoms with Crippen molar-refractivity contribution in [1.29, 1.82) is 0 Å². The Balaban J connectivity index is 1.63. The van der Waals surface area contributed by atoms with E-state index >= 15 is 0 Å². The van der Waals surface area contributed by atoms with Crippen molar-refractivity contribution in [2.24, 2.45) is 0 Å². The van der Waals surface area contributed by atoms with Gasteiger partial charge in [0.2, 0.25) is 0 Å². The molecule has 0 radical (unpaired) electrons. The minimum Gasteiger partial charge on any atom is -0.493 e. The number of carbonyl (C=O) groups excluding carboxylic acids is 3. The summed E-state index contributed by atoms with van der Waals surface area (Å²) in [5, 5.41) is 2.27. The number of ether oxygens (including phenoxy) is 2. The van der Waals surface area contributed by atoms with E-state index in [1.165, 1.54) is 20.4 Å². The van der Waals surface area contributed by atoms with Crippen LogP contribution in [0.1, 0.15) is 16.1 Å². The molecule has 1 aliphatic rings. The fourth-order valence-corrected chi connectivity index (χ4v) is 3.52. The summed E-state index contributed by atoms with van der Waals surface area (Å²) in [7, 11) is 3.06. The second-order valence-corrected chi connectivity index (χ2v) is 6.91. The Bertz CT molecular complexity index is 962. The van der Waals surface area contributed by atoms with E-state index < -0.39 is 5.91 Å². The van der Waals surface area contributed by atoms with Gasteiger partial charge in [0, 0.05) is 19.3 Å². The number of thioether (sulfide) groups is 1. The van der Waals surface area contributed by atoms with Gasteiger partial charge in [0.05, 0.1) is 19.1 Å². The zero-order valence-electron chi connectivity index (χ0n) is 15.9. The monoisotopic (exact) mass is 413 g/mol. The molecule has 1 aromatic heterocycles. The zero-order valence-corrected chi connectivity index (χ0v) is 16.7. The number of rotatable bonds is 7. The minimum absolute atomic E-state index is 0.0759. The number of amides is 3. The molecule has 0 spiro atoms. The third-order valence-electron chi connectivity index (χ3n) is 4.10. The van der Waals surface area contributed by atoms with Gasteiger partial charge in [-0.1, -0.05) is 12.1 Å². The van der Waals surface area contributed by atoms with Crippen molar-refractivity contribution in [2.75, 3.05) is 27.3 Å². The summed E-state index contributed by atoms with van der Waals surface area (Å²) in [6.45, 7) is 0.212. The highest BCUT2D eigenvalue weighted by molar-refractivity contribution is 8.18. The van der Waals surface area contributed by atoms with Crippen molar-refractivity contribution < 1.29 is 23.9 Å². The van der Waals surface area contributed by atoms with Crippen LogP contribution in [0, 0.1) is 0 Å². The van der Waals surface area contributed by atoms with Crippen LogP contribution in [0.3, 0.4) is 0 Å². The molecule has 1 saturated heterocycles. The molecule has 1 N–H and O–H groups in total. The van der Waals surface area contributed by atoms with Crippen LogP contribution in [0.15, 0.2) is 47.5 Å². The third kappa shape index (κ3) is 4.75. The molecular weight excluding hydrogens is 394 g/mol. The van der Waals surface area contributed by atoms with E-state index in [1.54, 1.807) is 42.5 Å². The Labute approximate surface area is 171 Å². The lowest BCUT2D eigenvalue weighted by Gasteiger charge is -2.12. The van der Waals surface area contributed by atoms with Gasteiger partial charge in [-0.25, -0.2) is 0 Å². The smallest absolute Gasteiger partial charge is 0.293 e. The van der Waals surface area contributed by atoms with Gasteiger partial charge in [0.1, 0.15) is 5.69 Å². The summed E-state index contributed by atoms with van der Waals surface area (Å²) in [5.74, 6) is 0.333. The highest BCUT2D eigenvalue weighted by Crippen LogP contribution is 2.34. The van der Waals surface area contributed by atoms with Gasteiger partial charge in [-0.05, 0) is 47.7 Å². The first-order valence-electron chi connectivity index (χ1n) is 8.70. The van der Waals surface area contributed by atoms with Crippen LogP contribution in [0.5, 0.6) is 11.5 Å². The predicted molar refractivity (Wildman–Crippen MR) is 109 cm³/mol. The SMILES string of the molecule is COc1ccc(/C=C2\SC(=O)N(CCNC(=O)c3ccccn3)C2=O)cc1OC. The molecule has 8 nitrogen and oxygen atoms in total. The molecule has 1 aromatic carbocycles. The average molecular weight is 413 g/mol. The van der Waals surface area contributed by atoms with E-state index in [4.69, 9.17) is 9.47 Å². The summed E-state index contributed by atoms with van der Waals surface area (Å²) in [6, 6.07) is 10.2. The molecule has 9 heteroatoms. The van der Waals surface area contributed by atoms with Crippen LogP contribution < -0.4 is 14.8 Å². The molecule has 29 heavy (non-hydrogen) atoms. The average Bonchev–Trinajstić information content (AvgIpc) is 3.01. The van der Waals surface area contributed by atoms with Crippen molar-refractivity contribution in [3.63, 3.8) is 0 Å². The fourth-order valence-electron chi connectivity index (χ4n) is 2.66. The Morgan fingerprint density at radius 3 is 2.66 bits per heavy atom. The largest absolute Gasteiger partial charge is 0.493 e. The molecule has 1 aliphatic heterocycles. The molecule has 0 saturated carbocycles. The fraction of sp³-hybridized carbons (Fsp3) is 0.200. The summed E-state index contributed by atoms with van der Waals surface area (Å²) in [6.07, 6.45) is 3.14. The predicted octanol–water partition coefficient (Wildman–Crippen LogP) is 2.57. The molecule has 2 aromatic rings. The first-order chi connectivity index (χ1) is 14.0. The van der Waals surface area contributed by atoms with Crippen LogP contribution in [-0.4, -0.2) is 54.2 Å². The molecule has 3 rings (SSSR count). The maximum Gasteiger partial charge on any atom is 0.293 e. The van der Waals surface area contributed by atoms with Gasteiger partial charge in [0.25, 0.3) is 17.1 Å². The second-order valence-electron chi connectivity index (χ2n) is 5.92. The van der Waals surface area contributed by atoms with Gasteiger partial charge < -0.3 is 14.8 Å². The number of methoxy groups -OCH3 is 2. The summed E-state index contributed by atoms with van der Waals surface area (Å²) in [5.41, 5.74) is 0.978. The number of hydrogen-bond acceptors (Lipinski definition) is 7. The number of nitrogens with one attached hydrogen (secondary N) is 1. The Morgan fingerprint density at radius 1 is 1.17 bits per heavy atom. The number of carbonyl (C=O) groups is 3. The number of pyridine rings is 1. The van der Waals surface area contributed by atoms with E-state index in [9.17, 15) is 14.4 Å². The van der Waals surface area contributed by atoms with Crippen LogP contribution in [0.25, 0.3) is 6.08 Å². The highest BCUT2D eigenvalue weighted by Gasteiger charge is 2.34. The first-order valence-corrected chi connectivity index (χ1v) is 9.51. The third-order valence-corrected chi connectivity index (χ3v) is 5.00. The molecular formula is C20H19N3O5S. The molecule has 0 unspecified atom stereocenters. The van der Waals surface area contributed by atoms with E-state index in [0.29, 0.717) is 22.0 Å². The molecule has 150 valence electrons. The summed E-state index contributed by atoms with van der Waals surface area (Å²) in [4.78, 5) is 42.2. The van der Waals surface area contributed by atoms with Crippen LogP contribution in [0.4, 0.5) is 4.79 Å². The molecule has 0 atom stereocenters. The van der Waals surface area contributed by atoms with Crippen LogP contribution in [0.2, 0.25) is 0 Å². The zero-order chi connectivity index (χ0) is 20.8. The minimum atomic E-state index is -0.401. The molecule has 0 aliphatic carbocycles. The molecule has 0 bridgehead atoms. The Morgan fingerprint density at radius 2 is 1.97 bits per heavy atom. The van der Waals surface area contributed by atoms with Crippen LogP contribution in [-0.2, 0) is 4.79 Å². The molecule has 2 heterocycles. The number of imide groups is 1. The lowest BCUT2D eigenvalue weighted by Crippen LogP contribution is -2.37. The lowest BCUT2D eigenvalue weighted by molar-refractivity contribution is -0.122. The lowest BCUT2D eigenvalue weighted by atomic mass is 10.2. The molecule has 1 fully saturated rings. The standard InChI is InChI=1S/C20H19N3O5S/c1-27-15-7-6-13(11-16(15)28-2)12-17-19(25)23(20(26)29-17)10-9-22-18(24)14-5-3-4-8-21-14/h3-8,11-12H,9-10H2,1-2H3,(H,22,24)/b17-12-. The summed E-state index contributed by atoms with van der Waals surface area (Å²) >= 11 is 0.857. The van der Waals surface area contributed by atoms with Gasteiger partial charge in [0.15, 0.2) is 11.5 Å². The highest BCUT2D eigenvalue weighted by atomic mass is 32.2. The van der Waals surface area contributed by atoms with Gasteiger partial charge in [-0.15, -0.1) is 0 Å². The van der Waals surface area contributed by atoms with Crippen molar-refractivity contribution in [1.82, 2.24) is 15.2 Å². The maximum atomic E-state index is 12.6. The Hall–Kier alpha value is -3.33. The quantitative estimate of drug-likeness (QED) is 0.697. The van der Waals surface area contributed by atoms with Gasteiger partial charge >= 0.3 is 0 Å². The number of hydrogen-bond donors (Lipinski definition) is 1. The van der Waals surface area contributed by atoms with Crippen LogP contribution >= 0.6 is 11.8 Å². The Kier molecular flexibility index (Phi) is 6.50. The molecule has 3 amide bonds. The second kappa shape index (κ2) is 9.24. The van der Waals surface area contributed by atoms with E-state index in [2.05, 4.69) is 10.3 Å². The topological polar surface area (TPSA) is 97.8 Å². The maximum absolute atomic E-state index is 12.6. The number of benzene rings is 1. The van der Waals surface area contributed by atoms with E-state index in [1.807, 2.05) is 0 Å². The first kappa shape index (κ1) is 20.4. The van der Waals surface area contributed by atoms with Gasteiger partial charge in [-0.2, -0.15) is 0 Å². The normalized spacial score (nSPS) is 15.0. The number of nitrogens with zero attached hydrogens (tertiary/aromatic N) is 2. The van der Waals surface area contributed by atoms with E-state index in [-0.39, 0.29) is 29.9 Å². The van der Waals surface area contributed by atoms with Crippen molar-refractivity contribution in [3.05, 3.63) is 58.8 Å². The van der Waals surface area contributed by atoms with E-state index in [0.717, 1.165) is 16.7 Å². The van der Waals surface area contributed by atoms with Gasteiger partial charge in [-0.3, -0.25) is 24.3 Å². The van der Waals surface area contributed by atoms with Crippen molar-refractivity contribution >= 4 is 34.9 Å².